The summed E-state index contributed by atoms with van der Waals surface area (Å²) in [6, 6.07) is 8.91. The molecule has 3 rings (SSSR count). The van der Waals surface area contributed by atoms with Crippen molar-refractivity contribution in [3.8, 4) is 0 Å². The molecule has 0 radical (unpaired) electrons. The normalized spacial score (nSPS) is 30.7. The Kier molecular flexibility index (Phi) is 5.04. The van der Waals surface area contributed by atoms with Gasteiger partial charge in [0.25, 0.3) is 11.5 Å². The summed E-state index contributed by atoms with van der Waals surface area (Å²) in [5.74, 6) is -1.28. The minimum atomic E-state index is -2.16. The van der Waals surface area contributed by atoms with Gasteiger partial charge < -0.3 is 20.3 Å². The van der Waals surface area contributed by atoms with E-state index in [0.717, 1.165) is 6.42 Å². The molecule has 0 bridgehead atoms. The highest BCUT2D eigenvalue weighted by Gasteiger charge is 2.70. The number of hydrogen-bond acceptors (Lipinski definition) is 5. The van der Waals surface area contributed by atoms with Gasteiger partial charge in [0.15, 0.2) is 11.8 Å². The number of rotatable bonds is 5. The third-order valence-electron chi connectivity index (χ3n) is 4.87. The number of ether oxygens (including phenoxy) is 1. The Balaban J connectivity index is 1.88. The molecule has 1 aromatic rings. The van der Waals surface area contributed by atoms with E-state index >= 15 is 0 Å². The Morgan fingerprint density at radius 2 is 1.93 bits per heavy atom. The predicted octanol–water partition coefficient (Wildman–Crippen LogP) is 1.54. The van der Waals surface area contributed by atoms with E-state index < -0.39 is 29.1 Å². The molecule has 1 fully saturated rings. The zero-order valence-corrected chi connectivity index (χ0v) is 15.3. The fourth-order valence-electron chi connectivity index (χ4n) is 3.40. The van der Waals surface area contributed by atoms with Crippen molar-refractivity contribution in [3.05, 3.63) is 71.5 Å². The van der Waals surface area contributed by atoms with Gasteiger partial charge in [-0.2, -0.15) is 0 Å². The van der Waals surface area contributed by atoms with E-state index in [1.165, 1.54) is 6.92 Å². The summed E-state index contributed by atoms with van der Waals surface area (Å²) in [6.07, 6.45) is 6.05. The molecule has 3 atom stereocenters. The standard InChI is InChI=1S/C21H23NO5/c1-3-4-5-9-12-16-14(2)17(23)21(27-16)18(24)20(26,22-19(21)25)13-15-10-7-6-8-11-15/h4-12,18,24,26H,3,13H2,1-2H3,(H,22,25)/t18-,20+,21+/m0/s1. The summed E-state index contributed by atoms with van der Waals surface area (Å²) in [4.78, 5) is 25.5. The van der Waals surface area contributed by atoms with Crippen LogP contribution >= 0.6 is 0 Å². The Hall–Kier alpha value is -2.70. The van der Waals surface area contributed by atoms with Crippen LogP contribution in [0.4, 0.5) is 0 Å². The number of carbonyl (C=O) groups is 2. The zero-order valence-electron chi connectivity index (χ0n) is 15.3. The van der Waals surface area contributed by atoms with Crippen LogP contribution in [0.15, 0.2) is 66.0 Å². The number of Topliss-reactive ketones (excluding diaryl/α,β-unsaturated/α-hetero) is 1. The second kappa shape index (κ2) is 7.13. The van der Waals surface area contributed by atoms with Crippen molar-refractivity contribution in [2.75, 3.05) is 0 Å². The average Bonchev–Trinajstić information content (AvgIpc) is 3.01. The van der Waals surface area contributed by atoms with Crippen molar-refractivity contribution < 1.29 is 24.5 Å². The summed E-state index contributed by atoms with van der Waals surface area (Å²) in [5, 5.41) is 24.1. The molecular formula is C21H23NO5. The largest absolute Gasteiger partial charge is 0.466 e. The molecule has 2 heterocycles. The quantitative estimate of drug-likeness (QED) is 0.541. The molecule has 2 aliphatic heterocycles. The van der Waals surface area contributed by atoms with Gasteiger partial charge in [-0.05, 0) is 25.0 Å². The van der Waals surface area contributed by atoms with Gasteiger partial charge in [-0.3, -0.25) is 9.59 Å². The Bertz CT molecular complexity index is 841. The number of aliphatic hydroxyl groups is 2. The van der Waals surface area contributed by atoms with Gasteiger partial charge in [0.05, 0.1) is 0 Å². The molecule has 0 aliphatic carbocycles. The number of ketones is 1. The molecule has 6 heteroatoms. The first kappa shape index (κ1) is 19.1. The van der Waals surface area contributed by atoms with Crippen molar-refractivity contribution in [1.82, 2.24) is 5.32 Å². The van der Waals surface area contributed by atoms with Gasteiger partial charge in [-0.15, -0.1) is 0 Å². The smallest absolute Gasteiger partial charge is 0.278 e. The van der Waals surface area contributed by atoms with Gasteiger partial charge in [-0.1, -0.05) is 55.5 Å². The monoisotopic (exact) mass is 369 g/mol. The molecule has 6 nitrogen and oxygen atoms in total. The van der Waals surface area contributed by atoms with Gasteiger partial charge in [0, 0.05) is 12.0 Å². The summed E-state index contributed by atoms with van der Waals surface area (Å²) in [7, 11) is 0. The van der Waals surface area contributed by atoms with E-state index in [1.807, 2.05) is 19.1 Å². The van der Waals surface area contributed by atoms with E-state index in [9.17, 15) is 19.8 Å². The fourth-order valence-corrected chi connectivity index (χ4v) is 3.40. The molecule has 1 spiro atoms. The van der Waals surface area contributed by atoms with Gasteiger partial charge in [0.1, 0.15) is 5.76 Å². The van der Waals surface area contributed by atoms with E-state index in [-0.39, 0.29) is 17.8 Å². The van der Waals surface area contributed by atoms with Crippen LogP contribution in [0, 0.1) is 0 Å². The molecule has 1 aromatic carbocycles. The molecule has 0 aromatic heterocycles. The van der Waals surface area contributed by atoms with E-state index in [4.69, 9.17) is 4.74 Å². The van der Waals surface area contributed by atoms with Crippen LogP contribution in [0.2, 0.25) is 0 Å². The van der Waals surface area contributed by atoms with Crippen LogP contribution in [-0.2, 0) is 20.7 Å². The molecule has 1 amide bonds. The summed E-state index contributed by atoms with van der Waals surface area (Å²) < 4.78 is 5.66. The topological polar surface area (TPSA) is 95.9 Å². The highest BCUT2D eigenvalue weighted by atomic mass is 16.5. The Labute approximate surface area is 157 Å². The van der Waals surface area contributed by atoms with E-state index in [2.05, 4.69) is 5.32 Å². The first-order valence-electron chi connectivity index (χ1n) is 8.90. The molecule has 142 valence electrons. The van der Waals surface area contributed by atoms with Crippen LogP contribution < -0.4 is 5.32 Å². The second-order valence-corrected chi connectivity index (χ2v) is 6.79. The molecule has 1 saturated heterocycles. The van der Waals surface area contributed by atoms with Gasteiger partial charge in [-0.25, -0.2) is 0 Å². The van der Waals surface area contributed by atoms with Crippen molar-refractivity contribution in [3.63, 3.8) is 0 Å². The number of aliphatic hydroxyl groups excluding tert-OH is 1. The number of hydrogen-bond donors (Lipinski definition) is 3. The third kappa shape index (κ3) is 3.11. The first-order valence-corrected chi connectivity index (χ1v) is 8.90. The van der Waals surface area contributed by atoms with Gasteiger partial charge >= 0.3 is 0 Å². The summed E-state index contributed by atoms with van der Waals surface area (Å²) >= 11 is 0. The van der Waals surface area contributed by atoms with Crippen LogP contribution in [0.25, 0.3) is 0 Å². The minimum absolute atomic E-state index is 0.0530. The lowest BCUT2D eigenvalue weighted by molar-refractivity contribution is -0.161. The highest BCUT2D eigenvalue weighted by molar-refractivity contribution is 6.20. The minimum Gasteiger partial charge on any atom is -0.466 e. The van der Waals surface area contributed by atoms with Gasteiger partial charge in [0.2, 0.25) is 5.78 Å². The second-order valence-electron chi connectivity index (χ2n) is 6.79. The first-order chi connectivity index (χ1) is 12.8. The van der Waals surface area contributed by atoms with Crippen LogP contribution in [-0.4, -0.2) is 39.3 Å². The lowest BCUT2D eigenvalue weighted by Crippen LogP contribution is -2.56. The summed E-state index contributed by atoms with van der Waals surface area (Å²) in [5.41, 5.74) is -3.23. The predicted molar refractivity (Wildman–Crippen MR) is 99.3 cm³/mol. The zero-order chi connectivity index (χ0) is 19.7. The summed E-state index contributed by atoms with van der Waals surface area (Å²) in [6.45, 7) is 3.53. The number of amides is 1. The highest BCUT2D eigenvalue weighted by Crippen LogP contribution is 2.42. The van der Waals surface area contributed by atoms with Crippen molar-refractivity contribution in [2.45, 2.75) is 44.1 Å². The number of nitrogens with one attached hydrogen (secondary N) is 1. The molecule has 0 saturated carbocycles. The molecule has 0 unspecified atom stereocenters. The molecular weight excluding hydrogens is 346 g/mol. The van der Waals surface area contributed by atoms with Crippen LogP contribution in [0.3, 0.4) is 0 Å². The Morgan fingerprint density at radius 3 is 2.59 bits per heavy atom. The SMILES string of the molecule is CCC=CC=CC1=C(C)C(=O)[C@]2(O1)C(=O)N[C@@](O)(Cc1ccccc1)[C@@H]2O. The molecule has 3 N–H and O–H groups in total. The van der Waals surface area contributed by atoms with Crippen molar-refractivity contribution in [1.29, 1.82) is 0 Å². The lowest BCUT2D eigenvalue weighted by atomic mass is 9.86. The average molecular weight is 369 g/mol. The number of benzene rings is 1. The fraction of sp³-hybridized carbons (Fsp3) is 0.333. The number of carbonyl (C=O) groups excluding carboxylic acids is 2. The maximum absolute atomic E-state index is 12.8. The Morgan fingerprint density at radius 1 is 1.22 bits per heavy atom. The maximum Gasteiger partial charge on any atom is 0.278 e. The maximum atomic E-state index is 12.8. The number of allylic oxidation sites excluding steroid dienone is 4. The van der Waals surface area contributed by atoms with Crippen LogP contribution in [0.5, 0.6) is 0 Å². The van der Waals surface area contributed by atoms with E-state index in [1.54, 1.807) is 42.5 Å². The third-order valence-corrected chi connectivity index (χ3v) is 4.87. The van der Waals surface area contributed by atoms with E-state index in [0.29, 0.717) is 5.56 Å². The molecule has 27 heavy (non-hydrogen) atoms. The van der Waals surface area contributed by atoms with Crippen LogP contribution in [0.1, 0.15) is 25.8 Å². The van der Waals surface area contributed by atoms with Crippen molar-refractivity contribution in [2.24, 2.45) is 0 Å². The molecule has 2 aliphatic rings. The van der Waals surface area contributed by atoms with Crippen molar-refractivity contribution >= 4 is 11.7 Å². The lowest BCUT2D eigenvalue weighted by Gasteiger charge is -2.30.